The second kappa shape index (κ2) is 6.37. The van der Waals surface area contributed by atoms with E-state index in [1.165, 1.54) is 25.2 Å². The van der Waals surface area contributed by atoms with Crippen LogP contribution in [0.3, 0.4) is 0 Å². The van der Waals surface area contributed by atoms with Gasteiger partial charge in [0.1, 0.15) is 11.9 Å². The first kappa shape index (κ1) is 15.0. The molecular formula is C15H11BrFN3O. The fraction of sp³-hybridized carbons (Fsp3) is 0.0667. The summed E-state index contributed by atoms with van der Waals surface area (Å²) in [5.74, 6) is -1.01. The van der Waals surface area contributed by atoms with Gasteiger partial charge in [0, 0.05) is 11.5 Å². The minimum atomic E-state index is -0.514. The summed E-state index contributed by atoms with van der Waals surface area (Å²) in [5, 5.41) is 14.3. The number of benzene rings is 2. The van der Waals surface area contributed by atoms with Gasteiger partial charge in [-0.25, -0.2) is 4.39 Å². The van der Waals surface area contributed by atoms with Crippen LogP contribution < -0.4 is 10.6 Å². The third-order valence-electron chi connectivity index (χ3n) is 2.86. The van der Waals surface area contributed by atoms with Crippen molar-refractivity contribution in [2.45, 2.75) is 0 Å². The van der Waals surface area contributed by atoms with Crippen LogP contribution >= 0.6 is 15.9 Å². The number of amides is 1. The number of nitrogens with one attached hydrogen (secondary N) is 2. The minimum Gasteiger partial charge on any atom is -0.385 e. The van der Waals surface area contributed by atoms with Crippen molar-refractivity contribution >= 4 is 33.2 Å². The summed E-state index contributed by atoms with van der Waals surface area (Å²) < 4.78 is 14.4. The van der Waals surface area contributed by atoms with E-state index in [0.717, 1.165) is 4.47 Å². The molecule has 2 rings (SSSR count). The van der Waals surface area contributed by atoms with Crippen LogP contribution in [-0.2, 0) is 0 Å². The molecule has 0 spiro atoms. The van der Waals surface area contributed by atoms with Crippen LogP contribution in [-0.4, -0.2) is 13.0 Å². The van der Waals surface area contributed by atoms with Crippen molar-refractivity contribution in [3.63, 3.8) is 0 Å². The van der Waals surface area contributed by atoms with Crippen LogP contribution in [0.25, 0.3) is 0 Å². The molecule has 21 heavy (non-hydrogen) atoms. The lowest BCUT2D eigenvalue weighted by molar-refractivity contribution is 0.102. The van der Waals surface area contributed by atoms with Crippen LogP contribution in [0.4, 0.5) is 15.8 Å². The monoisotopic (exact) mass is 347 g/mol. The van der Waals surface area contributed by atoms with Crippen molar-refractivity contribution < 1.29 is 9.18 Å². The lowest BCUT2D eigenvalue weighted by Gasteiger charge is -2.11. The number of nitrogens with zero attached hydrogens (tertiary/aromatic N) is 1. The summed E-state index contributed by atoms with van der Waals surface area (Å²) in [4.78, 5) is 12.3. The van der Waals surface area contributed by atoms with E-state index in [0.29, 0.717) is 11.3 Å². The van der Waals surface area contributed by atoms with Crippen LogP contribution in [0.15, 0.2) is 40.9 Å². The van der Waals surface area contributed by atoms with Crippen molar-refractivity contribution in [2.75, 3.05) is 17.7 Å². The zero-order valence-corrected chi connectivity index (χ0v) is 12.7. The third kappa shape index (κ3) is 3.20. The van der Waals surface area contributed by atoms with Crippen LogP contribution in [0.5, 0.6) is 0 Å². The average molecular weight is 348 g/mol. The number of hydrogen-bond acceptors (Lipinski definition) is 3. The topological polar surface area (TPSA) is 64.9 Å². The first-order valence-corrected chi connectivity index (χ1v) is 6.83. The molecule has 0 saturated heterocycles. The Morgan fingerprint density at radius 2 is 2.10 bits per heavy atom. The molecule has 0 aliphatic carbocycles. The first-order valence-electron chi connectivity index (χ1n) is 6.04. The Hall–Kier alpha value is -2.39. The number of hydrogen-bond donors (Lipinski definition) is 2. The van der Waals surface area contributed by atoms with Gasteiger partial charge in [-0.2, -0.15) is 5.26 Å². The zero-order valence-electron chi connectivity index (χ0n) is 11.1. The highest BCUT2D eigenvalue weighted by Crippen LogP contribution is 2.24. The van der Waals surface area contributed by atoms with Crippen molar-refractivity contribution in [1.29, 1.82) is 5.26 Å². The van der Waals surface area contributed by atoms with Crippen molar-refractivity contribution in [3.8, 4) is 6.07 Å². The molecule has 0 aromatic heterocycles. The van der Waals surface area contributed by atoms with Crippen LogP contribution in [0.1, 0.15) is 15.9 Å². The minimum absolute atomic E-state index is 0.114. The second-order valence-electron chi connectivity index (χ2n) is 4.17. The number of nitriles is 1. The van der Waals surface area contributed by atoms with Crippen molar-refractivity contribution in [2.24, 2.45) is 0 Å². The molecule has 1 amide bonds. The molecule has 0 aliphatic heterocycles. The lowest BCUT2D eigenvalue weighted by Crippen LogP contribution is -2.15. The number of carbonyl (C=O) groups excluding carboxylic acids is 1. The summed E-state index contributed by atoms with van der Waals surface area (Å²) in [7, 11) is 1.54. The zero-order chi connectivity index (χ0) is 15.4. The Balaban J connectivity index is 2.38. The summed E-state index contributed by atoms with van der Waals surface area (Å²) in [6, 6.07) is 11.1. The molecule has 106 valence electrons. The second-order valence-corrected chi connectivity index (χ2v) is 5.08. The van der Waals surface area contributed by atoms with Gasteiger partial charge in [0.05, 0.1) is 22.5 Å². The van der Waals surface area contributed by atoms with Gasteiger partial charge in [-0.1, -0.05) is 22.0 Å². The highest BCUT2D eigenvalue weighted by atomic mass is 79.9. The number of para-hydroxylation sites is 1. The molecule has 0 fully saturated rings. The number of carbonyl (C=O) groups is 1. The highest BCUT2D eigenvalue weighted by molar-refractivity contribution is 9.10. The van der Waals surface area contributed by atoms with Crippen LogP contribution in [0, 0.1) is 17.1 Å². The number of anilines is 2. The van der Waals surface area contributed by atoms with Crippen molar-refractivity contribution in [1.82, 2.24) is 0 Å². The quantitative estimate of drug-likeness (QED) is 0.888. The van der Waals surface area contributed by atoms with Gasteiger partial charge < -0.3 is 10.6 Å². The Kier molecular flexibility index (Phi) is 4.55. The standard InChI is InChI=1S/C15H11BrFN3O/c1-19-14-11(3-2-4-12(14)17)15(21)20-13-7-10(16)6-5-9(13)8-18/h2-7,19H,1H3,(H,20,21). The molecule has 2 aromatic carbocycles. The van der Waals surface area contributed by atoms with Gasteiger partial charge in [0.15, 0.2) is 0 Å². The molecule has 0 atom stereocenters. The maximum atomic E-state index is 13.7. The largest absolute Gasteiger partial charge is 0.385 e. The SMILES string of the molecule is CNc1c(F)cccc1C(=O)Nc1cc(Br)ccc1C#N. The van der Waals surface area contributed by atoms with Crippen LogP contribution in [0.2, 0.25) is 0 Å². The molecule has 0 aliphatic rings. The molecule has 0 saturated carbocycles. The summed E-state index contributed by atoms with van der Waals surface area (Å²) >= 11 is 3.28. The maximum Gasteiger partial charge on any atom is 0.257 e. The molecule has 2 aromatic rings. The third-order valence-corrected chi connectivity index (χ3v) is 3.35. The van der Waals surface area contributed by atoms with Gasteiger partial charge in [0.25, 0.3) is 5.91 Å². The molecule has 0 bridgehead atoms. The van der Waals surface area contributed by atoms with E-state index < -0.39 is 11.7 Å². The smallest absolute Gasteiger partial charge is 0.257 e. The molecule has 0 radical (unpaired) electrons. The Morgan fingerprint density at radius 1 is 1.33 bits per heavy atom. The highest BCUT2D eigenvalue weighted by Gasteiger charge is 2.15. The fourth-order valence-corrected chi connectivity index (χ4v) is 2.24. The molecule has 2 N–H and O–H groups in total. The Labute approximate surface area is 129 Å². The average Bonchev–Trinajstić information content (AvgIpc) is 2.47. The van der Waals surface area contributed by atoms with E-state index in [4.69, 9.17) is 5.26 Å². The van der Waals surface area contributed by atoms with Gasteiger partial charge in [0.2, 0.25) is 0 Å². The van der Waals surface area contributed by atoms with E-state index in [1.54, 1.807) is 18.2 Å². The van der Waals surface area contributed by atoms with E-state index in [2.05, 4.69) is 26.6 Å². The normalized spacial score (nSPS) is 9.81. The van der Waals surface area contributed by atoms with E-state index >= 15 is 0 Å². The van der Waals surface area contributed by atoms with Gasteiger partial charge in [-0.05, 0) is 30.3 Å². The van der Waals surface area contributed by atoms with E-state index in [-0.39, 0.29) is 11.3 Å². The van der Waals surface area contributed by atoms with E-state index in [9.17, 15) is 9.18 Å². The van der Waals surface area contributed by atoms with Gasteiger partial charge >= 0.3 is 0 Å². The first-order chi connectivity index (χ1) is 10.1. The molecular weight excluding hydrogens is 337 g/mol. The Bertz CT molecular complexity index is 740. The fourth-order valence-electron chi connectivity index (χ4n) is 1.87. The molecule has 0 unspecified atom stereocenters. The van der Waals surface area contributed by atoms with E-state index in [1.807, 2.05) is 6.07 Å². The molecule has 4 nitrogen and oxygen atoms in total. The summed E-state index contributed by atoms with van der Waals surface area (Å²) in [5.41, 5.74) is 0.974. The predicted octanol–water partition coefficient (Wildman–Crippen LogP) is 3.75. The Morgan fingerprint density at radius 3 is 2.76 bits per heavy atom. The van der Waals surface area contributed by atoms with Gasteiger partial charge in [-0.15, -0.1) is 0 Å². The number of rotatable bonds is 3. The number of halogens is 2. The predicted molar refractivity (Wildman–Crippen MR) is 82.8 cm³/mol. The van der Waals surface area contributed by atoms with Gasteiger partial charge in [-0.3, -0.25) is 4.79 Å². The molecule has 6 heteroatoms. The summed E-state index contributed by atoms with van der Waals surface area (Å²) in [6.07, 6.45) is 0. The summed E-state index contributed by atoms with van der Waals surface area (Å²) in [6.45, 7) is 0. The molecule has 0 heterocycles. The lowest BCUT2D eigenvalue weighted by atomic mass is 10.1. The maximum absolute atomic E-state index is 13.7. The van der Waals surface area contributed by atoms with Crippen molar-refractivity contribution in [3.05, 3.63) is 57.8 Å².